The third-order valence-electron chi connectivity index (χ3n) is 1.87. The molecular formula is C10H12FNO2. The molecule has 0 aromatic heterocycles. The standard InChI is InChI=1S/C10H12FNO2/c1-12(7-10(13)14)6-8-2-4-9(11)5-3-8/h2-5H,6-7H2,1H3,(H,13,14). The summed E-state index contributed by atoms with van der Waals surface area (Å²) in [5.74, 6) is -1.36. The molecule has 1 aromatic rings. The van der Waals surface area contributed by atoms with Crippen LogP contribution in [-0.4, -0.2) is 19.6 Å². The molecule has 0 fully saturated rings. The van der Waals surface area contributed by atoms with Crippen LogP contribution in [0.4, 0.5) is 4.39 Å². The van der Waals surface area contributed by atoms with Crippen LogP contribution in [-0.2, 0) is 11.3 Å². The van der Waals surface area contributed by atoms with Gasteiger partial charge in [0.2, 0.25) is 0 Å². The topological polar surface area (TPSA) is 44.6 Å². The minimum absolute atomic E-state index is 0.0443. The fourth-order valence-corrected chi connectivity index (χ4v) is 1.26. The van der Waals surface area contributed by atoms with Gasteiger partial charge in [-0.25, -0.2) is 4.39 Å². The van der Waals surface area contributed by atoms with Crippen molar-refractivity contribution >= 4 is 5.97 Å². The highest BCUT2D eigenvalue weighted by atomic mass is 19.1. The molecule has 1 aromatic carbocycles. The van der Waals surface area contributed by atoms with Crippen molar-refractivity contribution in [2.75, 3.05) is 13.6 Å². The van der Waals surface area contributed by atoms with Gasteiger partial charge in [-0.3, -0.25) is 0 Å². The van der Waals surface area contributed by atoms with E-state index in [0.717, 1.165) is 10.5 Å². The van der Waals surface area contributed by atoms with Gasteiger partial charge in [-0.15, -0.1) is 0 Å². The third kappa shape index (κ3) is 3.53. The van der Waals surface area contributed by atoms with Gasteiger partial charge in [0.15, 0.2) is 0 Å². The molecule has 0 heterocycles. The molecule has 4 heteroatoms. The van der Waals surface area contributed by atoms with Crippen molar-refractivity contribution in [1.29, 1.82) is 0 Å². The summed E-state index contributed by atoms with van der Waals surface area (Å²) >= 11 is 0. The summed E-state index contributed by atoms with van der Waals surface area (Å²) in [6.45, 7) is 0.506. The second kappa shape index (κ2) is 4.72. The van der Waals surface area contributed by atoms with Crippen molar-refractivity contribution < 1.29 is 19.2 Å². The van der Waals surface area contributed by atoms with Crippen molar-refractivity contribution in [3.63, 3.8) is 0 Å². The molecule has 0 aliphatic heterocycles. The Labute approximate surface area is 81.8 Å². The van der Waals surface area contributed by atoms with Gasteiger partial charge in [-0.2, -0.15) is 0 Å². The minimum Gasteiger partial charge on any atom is -0.544 e. The molecule has 1 N–H and O–H groups in total. The van der Waals surface area contributed by atoms with Crippen LogP contribution in [0.1, 0.15) is 5.56 Å². The number of rotatable bonds is 4. The summed E-state index contributed by atoms with van der Waals surface area (Å²) in [6, 6.07) is 6.02. The van der Waals surface area contributed by atoms with Crippen molar-refractivity contribution in [1.82, 2.24) is 0 Å². The van der Waals surface area contributed by atoms with Gasteiger partial charge in [-0.1, -0.05) is 12.1 Å². The molecule has 1 rings (SSSR count). The number of likely N-dealkylation sites (N-methyl/N-ethyl adjacent to an activating group) is 1. The van der Waals surface area contributed by atoms with Gasteiger partial charge >= 0.3 is 0 Å². The fraction of sp³-hybridized carbons (Fsp3) is 0.300. The third-order valence-corrected chi connectivity index (χ3v) is 1.87. The first-order valence-electron chi connectivity index (χ1n) is 4.33. The molecule has 1 atom stereocenters. The SMILES string of the molecule is C[NH+](CC(=O)[O-])Cc1ccc(F)cc1. The minimum atomic E-state index is -1.08. The van der Waals surface area contributed by atoms with E-state index in [-0.39, 0.29) is 12.4 Å². The monoisotopic (exact) mass is 197 g/mol. The summed E-state index contributed by atoms with van der Waals surface area (Å²) in [5.41, 5.74) is 0.908. The van der Waals surface area contributed by atoms with Crippen molar-refractivity contribution in [3.8, 4) is 0 Å². The Morgan fingerprint density at radius 1 is 1.43 bits per heavy atom. The summed E-state index contributed by atoms with van der Waals surface area (Å²) in [6.07, 6.45) is 0. The summed E-state index contributed by atoms with van der Waals surface area (Å²) in [5, 5.41) is 10.3. The Bertz CT molecular complexity index is 310. The average molecular weight is 197 g/mol. The van der Waals surface area contributed by atoms with E-state index in [4.69, 9.17) is 0 Å². The van der Waals surface area contributed by atoms with Crippen molar-refractivity contribution in [3.05, 3.63) is 35.6 Å². The van der Waals surface area contributed by atoms with E-state index in [1.165, 1.54) is 12.1 Å². The molecule has 1 unspecified atom stereocenters. The predicted molar refractivity (Wildman–Crippen MR) is 46.9 cm³/mol. The van der Waals surface area contributed by atoms with Gasteiger partial charge in [0.25, 0.3) is 0 Å². The van der Waals surface area contributed by atoms with Crippen LogP contribution in [0.25, 0.3) is 0 Å². The summed E-state index contributed by atoms with van der Waals surface area (Å²) < 4.78 is 12.5. The van der Waals surface area contributed by atoms with Gasteiger partial charge in [-0.05, 0) is 12.1 Å². The van der Waals surface area contributed by atoms with Crippen LogP contribution in [0.5, 0.6) is 0 Å². The number of carbonyl (C=O) groups is 1. The maximum absolute atomic E-state index is 12.5. The predicted octanol–water partition coefficient (Wildman–Crippen LogP) is -1.41. The zero-order chi connectivity index (χ0) is 10.6. The summed E-state index contributed by atoms with van der Waals surface area (Å²) in [4.78, 5) is 11.1. The van der Waals surface area contributed by atoms with Gasteiger partial charge < -0.3 is 14.8 Å². The van der Waals surface area contributed by atoms with Crippen LogP contribution in [0.2, 0.25) is 0 Å². The molecule has 0 saturated carbocycles. The summed E-state index contributed by atoms with van der Waals surface area (Å²) in [7, 11) is 1.75. The van der Waals surface area contributed by atoms with Crippen molar-refractivity contribution in [2.24, 2.45) is 0 Å². The van der Waals surface area contributed by atoms with Gasteiger partial charge in [0, 0.05) is 5.56 Å². The average Bonchev–Trinajstić information content (AvgIpc) is 2.07. The molecule has 0 aliphatic rings. The number of halogens is 1. The molecule has 0 saturated heterocycles. The van der Waals surface area contributed by atoms with Crippen LogP contribution in [0.3, 0.4) is 0 Å². The maximum atomic E-state index is 12.5. The lowest BCUT2D eigenvalue weighted by Crippen LogP contribution is -3.09. The number of benzene rings is 1. The highest BCUT2D eigenvalue weighted by Gasteiger charge is 2.03. The van der Waals surface area contributed by atoms with Crippen molar-refractivity contribution in [2.45, 2.75) is 6.54 Å². The largest absolute Gasteiger partial charge is 0.544 e. The Balaban J connectivity index is 2.51. The first-order chi connectivity index (χ1) is 6.58. The zero-order valence-electron chi connectivity index (χ0n) is 7.92. The molecule has 76 valence electrons. The Morgan fingerprint density at radius 3 is 2.50 bits per heavy atom. The number of carbonyl (C=O) groups excluding carboxylic acids is 1. The molecule has 0 bridgehead atoms. The lowest BCUT2D eigenvalue weighted by molar-refractivity contribution is -0.887. The second-order valence-electron chi connectivity index (χ2n) is 3.31. The van der Waals surface area contributed by atoms with Crippen LogP contribution in [0, 0.1) is 5.82 Å². The number of aliphatic carboxylic acids is 1. The highest BCUT2D eigenvalue weighted by Crippen LogP contribution is 2.00. The number of nitrogens with one attached hydrogen (secondary N) is 1. The maximum Gasteiger partial charge on any atom is 0.123 e. The molecule has 3 nitrogen and oxygen atoms in total. The Hall–Kier alpha value is -1.42. The van der Waals surface area contributed by atoms with Crippen LogP contribution >= 0.6 is 0 Å². The van der Waals surface area contributed by atoms with Gasteiger partial charge in [0.05, 0.1) is 13.0 Å². The smallest absolute Gasteiger partial charge is 0.123 e. The van der Waals surface area contributed by atoms with E-state index in [0.29, 0.717) is 6.54 Å². The number of hydrogen-bond acceptors (Lipinski definition) is 2. The lowest BCUT2D eigenvalue weighted by atomic mass is 10.2. The fourth-order valence-electron chi connectivity index (χ4n) is 1.26. The number of carboxylic acid groups (broad SMARTS) is 1. The lowest BCUT2D eigenvalue weighted by Gasteiger charge is -2.14. The Kier molecular flexibility index (Phi) is 3.59. The molecule has 0 amide bonds. The first kappa shape index (κ1) is 10.7. The second-order valence-corrected chi connectivity index (χ2v) is 3.31. The molecule has 0 aliphatic carbocycles. The molecule has 0 spiro atoms. The van der Waals surface area contributed by atoms with Crippen LogP contribution in [0.15, 0.2) is 24.3 Å². The first-order valence-corrected chi connectivity index (χ1v) is 4.33. The molecular weight excluding hydrogens is 185 g/mol. The van der Waals surface area contributed by atoms with E-state index < -0.39 is 5.97 Å². The van der Waals surface area contributed by atoms with Crippen LogP contribution < -0.4 is 10.0 Å². The highest BCUT2D eigenvalue weighted by molar-refractivity contribution is 5.65. The van der Waals surface area contributed by atoms with E-state index in [1.807, 2.05) is 0 Å². The van der Waals surface area contributed by atoms with E-state index in [2.05, 4.69) is 0 Å². The molecule has 14 heavy (non-hydrogen) atoms. The van der Waals surface area contributed by atoms with E-state index in [9.17, 15) is 14.3 Å². The number of carboxylic acids is 1. The number of hydrogen-bond donors (Lipinski definition) is 1. The Morgan fingerprint density at radius 2 is 2.00 bits per heavy atom. The number of quaternary nitrogens is 1. The quantitative estimate of drug-likeness (QED) is 0.644. The van der Waals surface area contributed by atoms with Gasteiger partial charge in [0.1, 0.15) is 18.9 Å². The van der Waals surface area contributed by atoms with E-state index in [1.54, 1.807) is 19.2 Å². The molecule has 0 radical (unpaired) electrons. The zero-order valence-corrected chi connectivity index (χ0v) is 7.92. The normalized spacial score (nSPS) is 12.4. The van der Waals surface area contributed by atoms with E-state index >= 15 is 0 Å².